The third kappa shape index (κ3) is 6.17. The quantitative estimate of drug-likeness (QED) is 0.813. The zero-order valence-electron chi connectivity index (χ0n) is 13.2. The number of hydrogen-bond donors (Lipinski definition) is 1. The van der Waals surface area contributed by atoms with Crippen molar-refractivity contribution in [2.24, 2.45) is 11.7 Å². The number of nitrogens with two attached hydrogens (primary N) is 1. The van der Waals surface area contributed by atoms with E-state index in [1.807, 2.05) is 4.90 Å². The van der Waals surface area contributed by atoms with Gasteiger partial charge in [-0.25, -0.2) is 0 Å². The van der Waals surface area contributed by atoms with E-state index in [1.54, 1.807) is 0 Å². The Labute approximate surface area is 136 Å². The molecule has 0 saturated carbocycles. The molecule has 1 fully saturated rings. The number of carbonyl (C=O) groups is 1. The monoisotopic (exact) mass is 327 g/mol. The summed E-state index contributed by atoms with van der Waals surface area (Å²) in [4.78, 5) is 16.6. The molecule has 0 bridgehead atoms. The minimum absolute atomic E-state index is 0. The lowest BCUT2D eigenvalue weighted by Gasteiger charge is -2.27. The highest BCUT2D eigenvalue weighted by molar-refractivity contribution is 5.85. The average Bonchev–Trinajstić information content (AvgIpc) is 2.78. The number of hydrogen-bond acceptors (Lipinski definition) is 3. The third-order valence-corrected chi connectivity index (χ3v) is 3.85. The number of likely N-dealkylation sites (N-methyl/N-ethyl adjacent to an activating group) is 1. The van der Waals surface area contributed by atoms with Crippen molar-refractivity contribution >= 4 is 30.7 Å². The molecule has 1 aliphatic rings. The zero-order valence-corrected chi connectivity index (χ0v) is 14.8. The van der Waals surface area contributed by atoms with Crippen molar-refractivity contribution in [1.29, 1.82) is 0 Å². The fraction of sp³-hybridized carbons (Fsp3) is 0.929. The van der Waals surface area contributed by atoms with Crippen molar-refractivity contribution in [3.05, 3.63) is 0 Å². The second-order valence-electron chi connectivity index (χ2n) is 5.68. The smallest absolute Gasteiger partial charge is 0.239 e. The van der Waals surface area contributed by atoms with Gasteiger partial charge in [0.2, 0.25) is 5.91 Å². The second kappa shape index (κ2) is 10.7. The maximum Gasteiger partial charge on any atom is 0.239 e. The van der Waals surface area contributed by atoms with Crippen LogP contribution in [-0.4, -0.2) is 54.0 Å². The van der Waals surface area contributed by atoms with Crippen molar-refractivity contribution in [3.8, 4) is 0 Å². The van der Waals surface area contributed by atoms with Crippen molar-refractivity contribution in [3.63, 3.8) is 0 Å². The normalized spacial score (nSPS) is 19.8. The maximum atomic E-state index is 12.2. The number of amides is 1. The predicted octanol–water partition coefficient (Wildman–Crippen LogP) is 2.15. The topological polar surface area (TPSA) is 49.6 Å². The minimum Gasteiger partial charge on any atom is -0.340 e. The van der Waals surface area contributed by atoms with Crippen molar-refractivity contribution < 1.29 is 4.79 Å². The van der Waals surface area contributed by atoms with Gasteiger partial charge >= 0.3 is 0 Å². The van der Waals surface area contributed by atoms with E-state index in [-0.39, 0.29) is 36.8 Å². The molecule has 0 aromatic heterocycles. The number of carbonyl (C=O) groups excluding carboxylic acids is 1. The van der Waals surface area contributed by atoms with E-state index < -0.39 is 0 Å². The Morgan fingerprint density at radius 1 is 1.30 bits per heavy atom. The molecule has 1 amide bonds. The van der Waals surface area contributed by atoms with E-state index in [9.17, 15) is 4.79 Å². The largest absolute Gasteiger partial charge is 0.340 e. The summed E-state index contributed by atoms with van der Waals surface area (Å²) in [6.45, 7) is 12.4. The molecular weight excluding hydrogens is 297 g/mol. The highest BCUT2D eigenvalue weighted by atomic mass is 35.5. The van der Waals surface area contributed by atoms with Crippen LogP contribution in [0, 0.1) is 5.92 Å². The van der Waals surface area contributed by atoms with Crippen LogP contribution in [0.3, 0.4) is 0 Å². The summed E-state index contributed by atoms with van der Waals surface area (Å²) in [5.74, 6) is 0.614. The van der Waals surface area contributed by atoms with Crippen LogP contribution >= 0.6 is 24.8 Å². The highest BCUT2D eigenvalue weighted by Gasteiger charge is 2.31. The van der Waals surface area contributed by atoms with Crippen LogP contribution in [0.25, 0.3) is 0 Å². The molecule has 4 nitrogen and oxygen atoms in total. The highest BCUT2D eigenvalue weighted by Crippen LogP contribution is 2.17. The Balaban J connectivity index is 0. The van der Waals surface area contributed by atoms with Gasteiger partial charge in [-0.05, 0) is 31.8 Å². The van der Waals surface area contributed by atoms with Gasteiger partial charge in [-0.3, -0.25) is 9.69 Å². The minimum atomic E-state index is -0.319. The molecular formula is C14H31Cl2N3O. The lowest BCUT2D eigenvalue weighted by atomic mass is 10.0. The van der Waals surface area contributed by atoms with Gasteiger partial charge in [-0.1, -0.05) is 27.7 Å². The fourth-order valence-corrected chi connectivity index (χ4v) is 2.82. The van der Waals surface area contributed by atoms with Gasteiger partial charge in [0.25, 0.3) is 0 Å². The predicted molar refractivity (Wildman–Crippen MR) is 89.8 cm³/mol. The first-order chi connectivity index (χ1) is 8.49. The molecule has 2 N–H and O–H groups in total. The van der Waals surface area contributed by atoms with Crippen LogP contribution in [0.1, 0.15) is 40.5 Å². The Kier molecular flexibility index (Phi) is 11.9. The summed E-state index contributed by atoms with van der Waals surface area (Å²) in [5, 5.41) is 0. The molecule has 1 rings (SSSR count). The molecule has 1 aliphatic heterocycles. The van der Waals surface area contributed by atoms with Crippen LogP contribution in [-0.2, 0) is 4.79 Å². The van der Waals surface area contributed by atoms with Crippen molar-refractivity contribution in [2.75, 3.05) is 26.2 Å². The first-order valence-electron chi connectivity index (χ1n) is 7.27. The number of halogens is 2. The van der Waals surface area contributed by atoms with Gasteiger partial charge in [0.05, 0.1) is 6.04 Å². The van der Waals surface area contributed by atoms with E-state index in [4.69, 9.17) is 5.73 Å². The zero-order chi connectivity index (χ0) is 13.7. The van der Waals surface area contributed by atoms with E-state index in [0.717, 1.165) is 39.0 Å². The summed E-state index contributed by atoms with van der Waals surface area (Å²) in [7, 11) is 0. The molecule has 0 aromatic carbocycles. The summed E-state index contributed by atoms with van der Waals surface area (Å²) in [5.41, 5.74) is 5.98. The lowest BCUT2D eigenvalue weighted by Crippen LogP contribution is -2.45. The molecule has 1 unspecified atom stereocenters. The summed E-state index contributed by atoms with van der Waals surface area (Å²) in [6, 6.07) is 0.204. The first-order valence-corrected chi connectivity index (χ1v) is 7.27. The van der Waals surface area contributed by atoms with E-state index in [0.29, 0.717) is 12.0 Å². The summed E-state index contributed by atoms with van der Waals surface area (Å²) < 4.78 is 0. The van der Waals surface area contributed by atoms with Crippen LogP contribution in [0.2, 0.25) is 0 Å². The van der Waals surface area contributed by atoms with Crippen molar-refractivity contribution in [2.45, 2.75) is 52.6 Å². The Morgan fingerprint density at radius 3 is 2.30 bits per heavy atom. The fourth-order valence-electron chi connectivity index (χ4n) is 2.82. The summed E-state index contributed by atoms with van der Waals surface area (Å²) in [6.07, 6.45) is 1.87. The van der Waals surface area contributed by atoms with Crippen LogP contribution in [0.5, 0.6) is 0 Å². The van der Waals surface area contributed by atoms with Gasteiger partial charge in [0, 0.05) is 19.1 Å². The SMILES string of the molecule is CCN(CC)C1CCN(C(=O)[C@@H](N)CC(C)C)C1.Cl.Cl. The number of rotatable bonds is 6. The third-order valence-electron chi connectivity index (χ3n) is 3.85. The van der Waals surface area contributed by atoms with E-state index in [2.05, 4.69) is 32.6 Å². The van der Waals surface area contributed by atoms with E-state index in [1.165, 1.54) is 0 Å². The Hall–Kier alpha value is -0.0300. The van der Waals surface area contributed by atoms with Crippen LogP contribution < -0.4 is 5.73 Å². The maximum absolute atomic E-state index is 12.2. The summed E-state index contributed by atoms with van der Waals surface area (Å²) >= 11 is 0. The molecule has 1 saturated heterocycles. The second-order valence-corrected chi connectivity index (χ2v) is 5.68. The van der Waals surface area contributed by atoms with Crippen molar-refractivity contribution in [1.82, 2.24) is 9.80 Å². The molecule has 1 heterocycles. The molecule has 6 heteroatoms. The standard InChI is InChI=1S/C14H29N3O.2ClH/c1-5-16(6-2)12-7-8-17(10-12)14(18)13(15)9-11(3)4;;/h11-13H,5-10,15H2,1-4H3;2*1H/t12?,13-;;/m0../s1. The van der Waals surface area contributed by atoms with Crippen LogP contribution in [0.15, 0.2) is 0 Å². The van der Waals surface area contributed by atoms with Gasteiger partial charge in [-0.2, -0.15) is 0 Å². The molecule has 2 atom stereocenters. The number of likely N-dealkylation sites (tertiary alicyclic amines) is 1. The van der Waals surface area contributed by atoms with Gasteiger partial charge in [0.15, 0.2) is 0 Å². The molecule has 0 aromatic rings. The van der Waals surface area contributed by atoms with Crippen LogP contribution in [0.4, 0.5) is 0 Å². The van der Waals surface area contributed by atoms with E-state index >= 15 is 0 Å². The Bertz CT molecular complexity index is 273. The molecule has 20 heavy (non-hydrogen) atoms. The van der Waals surface area contributed by atoms with Gasteiger partial charge in [0.1, 0.15) is 0 Å². The molecule has 0 radical (unpaired) electrons. The molecule has 122 valence electrons. The lowest BCUT2D eigenvalue weighted by molar-refractivity contribution is -0.132. The Morgan fingerprint density at radius 2 is 1.85 bits per heavy atom. The molecule has 0 spiro atoms. The first kappa shape index (κ1) is 22.3. The average molecular weight is 328 g/mol. The van der Waals surface area contributed by atoms with Gasteiger partial charge in [-0.15, -0.1) is 24.8 Å². The number of nitrogens with zero attached hydrogens (tertiary/aromatic N) is 2. The molecule has 0 aliphatic carbocycles. The van der Waals surface area contributed by atoms with Gasteiger partial charge < -0.3 is 10.6 Å².